The van der Waals surface area contributed by atoms with Crippen molar-refractivity contribution in [2.45, 2.75) is 38.1 Å². The zero-order chi connectivity index (χ0) is 13.8. The molecule has 102 valence electrons. The molecule has 0 aliphatic heterocycles. The van der Waals surface area contributed by atoms with Gasteiger partial charge in [-0.3, -0.25) is 0 Å². The predicted octanol–water partition coefficient (Wildman–Crippen LogP) is 1.23. The summed E-state index contributed by atoms with van der Waals surface area (Å²) < 4.78 is 26.7. The third kappa shape index (κ3) is 3.64. The molecule has 0 saturated carbocycles. The molecular formula is C11H20N4O2S. The second-order valence-corrected chi connectivity index (χ2v) is 6.00. The summed E-state index contributed by atoms with van der Waals surface area (Å²) in [6.07, 6.45) is 3.51. The molecule has 0 saturated heterocycles. The van der Waals surface area contributed by atoms with Crippen molar-refractivity contribution in [1.82, 2.24) is 14.7 Å². The summed E-state index contributed by atoms with van der Waals surface area (Å²) in [6, 6.07) is -0.121. The molecule has 7 heteroatoms. The molecule has 0 bridgehead atoms. The van der Waals surface area contributed by atoms with Gasteiger partial charge in [0.15, 0.2) is 0 Å². The van der Waals surface area contributed by atoms with Crippen molar-refractivity contribution < 1.29 is 8.42 Å². The second kappa shape index (κ2) is 6.10. The molecule has 0 aliphatic rings. The number of hydrogen-bond acceptors (Lipinski definition) is 5. The molecule has 2 unspecified atom stereocenters. The molecule has 0 radical (unpaired) electrons. The van der Waals surface area contributed by atoms with Gasteiger partial charge >= 0.3 is 0 Å². The Morgan fingerprint density at radius 3 is 2.28 bits per heavy atom. The van der Waals surface area contributed by atoms with E-state index >= 15 is 0 Å². The van der Waals surface area contributed by atoms with E-state index in [0.717, 1.165) is 6.42 Å². The Bertz CT molecular complexity index is 472. The molecule has 1 aromatic rings. The van der Waals surface area contributed by atoms with Gasteiger partial charge in [-0.2, -0.15) is 0 Å². The molecule has 0 aromatic carbocycles. The van der Waals surface area contributed by atoms with Crippen LogP contribution >= 0.6 is 0 Å². The van der Waals surface area contributed by atoms with Gasteiger partial charge in [0, 0.05) is 13.1 Å². The molecule has 2 atom stereocenters. The minimum atomic E-state index is -3.54. The highest BCUT2D eigenvalue weighted by atomic mass is 32.2. The lowest BCUT2D eigenvalue weighted by molar-refractivity contribution is 0.434. The van der Waals surface area contributed by atoms with Gasteiger partial charge in [0.05, 0.1) is 12.4 Å². The van der Waals surface area contributed by atoms with E-state index < -0.39 is 10.0 Å². The molecule has 1 rings (SSSR count). The van der Waals surface area contributed by atoms with Crippen molar-refractivity contribution in [3.8, 4) is 0 Å². The lowest BCUT2D eigenvalue weighted by Gasteiger charge is -2.19. The Labute approximate surface area is 108 Å². The van der Waals surface area contributed by atoms with E-state index in [2.05, 4.69) is 20.0 Å². The fourth-order valence-corrected chi connectivity index (χ4v) is 2.61. The quantitative estimate of drug-likeness (QED) is 0.813. The van der Waals surface area contributed by atoms with Gasteiger partial charge in [0.25, 0.3) is 0 Å². The maximum atomic E-state index is 12.1. The molecule has 1 heterocycles. The predicted molar refractivity (Wildman–Crippen MR) is 70.8 cm³/mol. The minimum Gasteiger partial charge on any atom is -0.357 e. The van der Waals surface area contributed by atoms with Crippen LogP contribution in [0.25, 0.3) is 0 Å². The Morgan fingerprint density at radius 1 is 1.28 bits per heavy atom. The summed E-state index contributed by atoms with van der Waals surface area (Å²) >= 11 is 0. The second-order valence-electron chi connectivity index (χ2n) is 4.29. The van der Waals surface area contributed by atoms with E-state index in [1.54, 1.807) is 7.05 Å². The van der Waals surface area contributed by atoms with Gasteiger partial charge in [-0.05, 0) is 12.8 Å². The van der Waals surface area contributed by atoms with Crippen LogP contribution in [0.2, 0.25) is 0 Å². The highest BCUT2D eigenvalue weighted by molar-refractivity contribution is 7.89. The van der Waals surface area contributed by atoms with E-state index in [-0.39, 0.29) is 16.9 Å². The van der Waals surface area contributed by atoms with Crippen LogP contribution in [0.15, 0.2) is 17.3 Å². The minimum absolute atomic E-state index is 0.0802. The first kappa shape index (κ1) is 14.8. The number of rotatable bonds is 6. The Kier molecular flexibility index (Phi) is 5.03. The van der Waals surface area contributed by atoms with E-state index in [1.807, 2.05) is 20.8 Å². The Morgan fingerprint density at radius 2 is 1.83 bits per heavy atom. The van der Waals surface area contributed by atoms with Crippen LogP contribution in [0, 0.1) is 5.92 Å². The summed E-state index contributed by atoms with van der Waals surface area (Å²) in [5.74, 6) is 0.668. The van der Waals surface area contributed by atoms with Crippen LogP contribution in [0.3, 0.4) is 0 Å². The molecule has 1 aromatic heterocycles. The average molecular weight is 272 g/mol. The number of hydrogen-bond donors (Lipinski definition) is 2. The van der Waals surface area contributed by atoms with Gasteiger partial charge in [-0.25, -0.2) is 23.1 Å². The van der Waals surface area contributed by atoms with Gasteiger partial charge in [-0.15, -0.1) is 0 Å². The third-order valence-electron chi connectivity index (χ3n) is 3.00. The van der Waals surface area contributed by atoms with Crippen molar-refractivity contribution >= 4 is 16.0 Å². The van der Waals surface area contributed by atoms with Crippen LogP contribution in [0.4, 0.5) is 5.95 Å². The fraction of sp³-hybridized carbons (Fsp3) is 0.636. The monoisotopic (exact) mass is 272 g/mol. The zero-order valence-electron chi connectivity index (χ0n) is 11.1. The van der Waals surface area contributed by atoms with Gasteiger partial charge in [-0.1, -0.05) is 20.3 Å². The topological polar surface area (TPSA) is 84.0 Å². The van der Waals surface area contributed by atoms with Crippen LogP contribution in [0.1, 0.15) is 27.2 Å². The molecule has 0 fully saturated rings. The highest BCUT2D eigenvalue weighted by Crippen LogP contribution is 2.12. The maximum absolute atomic E-state index is 12.1. The van der Waals surface area contributed by atoms with Crippen molar-refractivity contribution in [3.05, 3.63) is 12.4 Å². The van der Waals surface area contributed by atoms with E-state index in [9.17, 15) is 8.42 Å². The van der Waals surface area contributed by atoms with Crippen molar-refractivity contribution in [1.29, 1.82) is 0 Å². The van der Waals surface area contributed by atoms with Gasteiger partial charge in [0.1, 0.15) is 4.90 Å². The lowest BCUT2D eigenvalue weighted by atomic mass is 10.0. The van der Waals surface area contributed by atoms with Crippen LogP contribution < -0.4 is 10.0 Å². The number of anilines is 1. The first-order valence-corrected chi connectivity index (χ1v) is 7.41. The van der Waals surface area contributed by atoms with Crippen LogP contribution in [-0.2, 0) is 10.0 Å². The van der Waals surface area contributed by atoms with Crippen molar-refractivity contribution in [2.24, 2.45) is 5.92 Å². The lowest BCUT2D eigenvalue weighted by Crippen LogP contribution is -2.36. The van der Waals surface area contributed by atoms with Gasteiger partial charge in [0.2, 0.25) is 16.0 Å². The van der Waals surface area contributed by atoms with Gasteiger partial charge < -0.3 is 5.32 Å². The van der Waals surface area contributed by atoms with E-state index in [4.69, 9.17) is 0 Å². The smallest absolute Gasteiger partial charge is 0.243 e. The molecule has 6 nitrogen and oxygen atoms in total. The van der Waals surface area contributed by atoms with Crippen LogP contribution in [-0.4, -0.2) is 31.5 Å². The molecule has 2 N–H and O–H groups in total. The molecule has 0 amide bonds. The Balaban J connectivity index is 2.85. The van der Waals surface area contributed by atoms with E-state index in [1.165, 1.54) is 12.4 Å². The first-order chi connectivity index (χ1) is 8.40. The third-order valence-corrected chi connectivity index (χ3v) is 4.51. The standard InChI is InChI=1S/C11H20N4O2S/c1-5-8(2)9(3)15-18(16,17)10-6-13-11(12-4)14-7-10/h6-9,15H,5H2,1-4H3,(H,12,13,14). The summed E-state index contributed by atoms with van der Waals surface area (Å²) in [6.45, 7) is 5.89. The SMILES string of the molecule is CCC(C)C(C)NS(=O)(=O)c1cnc(NC)nc1. The number of nitrogens with one attached hydrogen (secondary N) is 2. The van der Waals surface area contributed by atoms with Crippen LogP contribution in [0.5, 0.6) is 0 Å². The van der Waals surface area contributed by atoms with Crippen molar-refractivity contribution in [2.75, 3.05) is 12.4 Å². The molecule has 0 spiro atoms. The molecule has 18 heavy (non-hydrogen) atoms. The normalized spacial score (nSPS) is 15.1. The Hall–Kier alpha value is -1.21. The number of sulfonamides is 1. The average Bonchev–Trinajstić information content (AvgIpc) is 2.37. The molecular weight excluding hydrogens is 252 g/mol. The summed E-state index contributed by atoms with van der Waals surface area (Å²) in [7, 11) is -1.87. The first-order valence-electron chi connectivity index (χ1n) is 5.92. The number of nitrogens with zero attached hydrogens (tertiary/aromatic N) is 2. The summed E-state index contributed by atoms with van der Waals surface area (Å²) in [5, 5.41) is 2.74. The molecule has 0 aliphatic carbocycles. The zero-order valence-corrected chi connectivity index (χ0v) is 12.0. The highest BCUT2D eigenvalue weighted by Gasteiger charge is 2.20. The fourth-order valence-electron chi connectivity index (χ4n) is 1.37. The summed E-state index contributed by atoms with van der Waals surface area (Å²) in [5.41, 5.74) is 0. The maximum Gasteiger partial charge on any atom is 0.243 e. The van der Waals surface area contributed by atoms with E-state index in [0.29, 0.717) is 5.95 Å². The summed E-state index contributed by atoms with van der Waals surface area (Å²) in [4.78, 5) is 7.87. The number of aromatic nitrogens is 2. The van der Waals surface area contributed by atoms with Crippen molar-refractivity contribution in [3.63, 3.8) is 0 Å². The largest absolute Gasteiger partial charge is 0.357 e.